The molecule has 1 heterocycles. The van der Waals surface area contributed by atoms with Crippen molar-refractivity contribution in [2.45, 2.75) is 32.6 Å². The number of para-hydroxylation sites is 1. The van der Waals surface area contributed by atoms with E-state index in [1.54, 1.807) is 29.2 Å². The molecule has 1 fully saturated rings. The van der Waals surface area contributed by atoms with Crippen LogP contribution < -0.4 is 16.0 Å². The first kappa shape index (κ1) is 30.3. The number of anilines is 3. The molecule has 42 heavy (non-hydrogen) atoms. The number of likely N-dealkylation sites (tertiary alicyclic amines) is 1. The quantitative estimate of drug-likeness (QED) is 0.246. The van der Waals surface area contributed by atoms with Crippen LogP contribution in [0.4, 0.5) is 21.9 Å². The molecule has 4 amide bonds. The maximum Gasteiger partial charge on any atom is 0.335 e. The van der Waals surface area contributed by atoms with E-state index >= 15 is 0 Å². The molecule has 0 atom stereocenters. The van der Waals surface area contributed by atoms with Gasteiger partial charge in [0.25, 0.3) is 0 Å². The number of rotatable bonds is 12. The second-order valence-electron chi connectivity index (χ2n) is 10.4. The lowest BCUT2D eigenvalue weighted by Crippen LogP contribution is -2.40. The van der Waals surface area contributed by atoms with Crippen LogP contribution in [0.1, 0.15) is 40.7 Å². The monoisotopic (exact) mass is 571 g/mol. The standard InChI is InChI=1S/C32H37N5O5/c1-23-7-2-3-8-28(23)35-32(42)34-27-13-9-24(10-14-27)21-30(39)37(20-6-19-36-17-4-5-18-36)22-29(38)33-26-15-11-25(12-16-26)31(40)41/h2-3,7-16H,4-6,17-22H2,1H3,(H,33,38)(H,40,41)(H2,34,35,42). The summed E-state index contributed by atoms with van der Waals surface area (Å²) >= 11 is 0. The molecule has 0 radical (unpaired) electrons. The first-order chi connectivity index (χ1) is 20.3. The number of urea groups is 1. The largest absolute Gasteiger partial charge is 0.478 e. The number of carbonyl (C=O) groups is 4. The second kappa shape index (κ2) is 14.8. The summed E-state index contributed by atoms with van der Waals surface area (Å²) < 4.78 is 0. The van der Waals surface area contributed by atoms with Crippen LogP contribution in [0.5, 0.6) is 0 Å². The second-order valence-corrected chi connectivity index (χ2v) is 10.4. The molecule has 0 spiro atoms. The SMILES string of the molecule is Cc1ccccc1NC(=O)Nc1ccc(CC(=O)N(CCCN2CCCC2)CC(=O)Nc2ccc(C(=O)O)cc2)cc1. The van der Waals surface area contributed by atoms with Crippen LogP contribution in [0.3, 0.4) is 0 Å². The van der Waals surface area contributed by atoms with Crippen LogP contribution in [0, 0.1) is 6.92 Å². The fraction of sp³-hybridized carbons (Fsp3) is 0.312. The van der Waals surface area contributed by atoms with Gasteiger partial charge < -0.3 is 30.9 Å². The number of amides is 4. The third-order valence-corrected chi connectivity index (χ3v) is 7.16. The molecule has 1 aliphatic heterocycles. The molecule has 220 valence electrons. The Kier molecular flexibility index (Phi) is 10.7. The molecule has 4 rings (SSSR count). The smallest absolute Gasteiger partial charge is 0.335 e. The highest BCUT2D eigenvalue weighted by molar-refractivity contribution is 6.00. The molecular formula is C32H37N5O5. The average molecular weight is 572 g/mol. The third kappa shape index (κ3) is 9.17. The van der Waals surface area contributed by atoms with Crippen LogP contribution in [0.15, 0.2) is 72.8 Å². The Bertz CT molecular complexity index is 1390. The number of aryl methyl sites for hydroxylation is 1. The molecule has 0 unspecified atom stereocenters. The molecule has 3 aromatic carbocycles. The molecule has 1 saturated heterocycles. The van der Waals surface area contributed by atoms with E-state index < -0.39 is 5.97 Å². The van der Waals surface area contributed by atoms with E-state index in [4.69, 9.17) is 5.11 Å². The average Bonchev–Trinajstić information content (AvgIpc) is 3.49. The number of carboxylic acid groups (broad SMARTS) is 1. The molecular weight excluding hydrogens is 534 g/mol. The van der Waals surface area contributed by atoms with E-state index in [1.165, 1.54) is 37.1 Å². The fourth-order valence-corrected chi connectivity index (χ4v) is 4.84. The Hall–Kier alpha value is -4.70. The van der Waals surface area contributed by atoms with Crippen molar-refractivity contribution in [3.63, 3.8) is 0 Å². The normalized spacial score (nSPS) is 12.9. The molecule has 0 saturated carbocycles. The van der Waals surface area contributed by atoms with Crippen molar-refractivity contribution < 1.29 is 24.3 Å². The summed E-state index contributed by atoms with van der Waals surface area (Å²) in [5.74, 6) is -1.57. The topological polar surface area (TPSA) is 131 Å². The summed E-state index contributed by atoms with van der Waals surface area (Å²) in [6, 6.07) is 20.1. The van der Waals surface area contributed by atoms with Gasteiger partial charge in [0.2, 0.25) is 11.8 Å². The first-order valence-corrected chi connectivity index (χ1v) is 14.1. The number of hydrogen-bond donors (Lipinski definition) is 4. The Balaban J connectivity index is 1.34. The summed E-state index contributed by atoms with van der Waals surface area (Å²) in [5, 5.41) is 17.5. The molecule has 0 aromatic heterocycles. The van der Waals surface area contributed by atoms with Crippen molar-refractivity contribution in [1.82, 2.24) is 9.80 Å². The summed E-state index contributed by atoms with van der Waals surface area (Å²) in [4.78, 5) is 53.6. The van der Waals surface area contributed by atoms with Crippen molar-refractivity contribution in [2.24, 2.45) is 0 Å². The van der Waals surface area contributed by atoms with E-state index in [2.05, 4.69) is 20.9 Å². The van der Waals surface area contributed by atoms with Crippen molar-refractivity contribution in [3.05, 3.63) is 89.5 Å². The van der Waals surface area contributed by atoms with Gasteiger partial charge in [0, 0.05) is 23.6 Å². The van der Waals surface area contributed by atoms with Crippen molar-refractivity contribution in [1.29, 1.82) is 0 Å². The minimum atomic E-state index is -1.04. The van der Waals surface area contributed by atoms with E-state index in [1.807, 2.05) is 31.2 Å². The highest BCUT2D eigenvalue weighted by atomic mass is 16.4. The molecule has 10 nitrogen and oxygen atoms in total. The van der Waals surface area contributed by atoms with Gasteiger partial charge in [-0.25, -0.2) is 9.59 Å². The maximum atomic E-state index is 13.3. The van der Waals surface area contributed by atoms with Gasteiger partial charge in [-0.1, -0.05) is 30.3 Å². The summed E-state index contributed by atoms with van der Waals surface area (Å²) in [5.41, 5.74) is 3.62. The van der Waals surface area contributed by atoms with E-state index in [0.717, 1.165) is 42.9 Å². The highest BCUT2D eigenvalue weighted by Crippen LogP contribution is 2.16. The van der Waals surface area contributed by atoms with Crippen molar-refractivity contribution in [3.8, 4) is 0 Å². The Labute approximate surface area is 245 Å². The zero-order chi connectivity index (χ0) is 29.9. The van der Waals surface area contributed by atoms with Crippen LogP contribution in [0.2, 0.25) is 0 Å². The fourth-order valence-electron chi connectivity index (χ4n) is 4.84. The highest BCUT2D eigenvalue weighted by Gasteiger charge is 2.19. The van der Waals surface area contributed by atoms with E-state index in [-0.39, 0.29) is 36.4 Å². The van der Waals surface area contributed by atoms with Crippen LogP contribution in [0.25, 0.3) is 0 Å². The zero-order valence-corrected chi connectivity index (χ0v) is 23.8. The number of benzene rings is 3. The molecule has 4 N–H and O–H groups in total. The number of hydrogen-bond acceptors (Lipinski definition) is 5. The number of carboxylic acids is 1. The van der Waals surface area contributed by atoms with Gasteiger partial charge in [-0.3, -0.25) is 9.59 Å². The summed E-state index contributed by atoms with van der Waals surface area (Å²) in [6.07, 6.45) is 3.24. The van der Waals surface area contributed by atoms with E-state index in [9.17, 15) is 19.2 Å². The molecule has 0 bridgehead atoms. The molecule has 0 aliphatic carbocycles. The molecule has 1 aliphatic rings. The third-order valence-electron chi connectivity index (χ3n) is 7.16. The lowest BCUT2D eigenvalue weighted by atomic mass is 10.1. The van der Waals surface area contributed by atoms with Gasteiger partial charge in [-0.15, -0.1) is 0 Å². The number of nitrogens with one attached hydrogen (secondary N) is 3. The lowest BCUT2D eigenvalue weighted by molar-refractivity contribution is -0.134. The predicted octanol–water partition coefficient (Wildman–Crippen LogP) is 4.83. The van der Waals surface area contributed by atoms with E-state index in [0.29, 0.717) is 17.9 Å². The molecule has 3 aromatic rings. The lowest BCUT2D eigenvalue weighted by Gasteiger charge is -2.24. The van der Waals surface area contributed by atoms with Crippen molar-refractivity contribution in [2.75, 3.05) is 48.7 Å². The number of nitrogens with zero attached hydrogens (tertiary/aromatic N) is 2. The van der Waals surface area contributed by atoms with Gasteiger partial charge in [0.15, 0.2) is 0 Å². The van der Waals surface area contributed by atoms with Gasteiger partial charge in [-0.2, -0.15) is 0 Å². The Morgan fingerprint density at radius 3 is 2.14 bits per heavy atom. The minimum absolute atomic E-state index is 0.111. The summed E-state index contributed by atoms with van der Waals surface area (Å²) in [7, 11) is 0. The van der Waals surface area contributed by atoms with Gasteiger partial charge in [-0.05, 0) is 99.4 Å². The Morgan fingerprint density at radius 1 is 0.833 bits per heavy atom. The first-order valence-electron chi connectivity index (χ1n) is 14.1. The molecule has 10 heteroatoms. The van der Waals surface area contributed by atoms with Gasteiger partial charge in [0.05, 0.1) is 18.5 Å². The number of aromatic carboxylic acids is 1. The Morgan fingerprint density at radius 2 is 1.48 bits per heavy atom. The van der Waals surface area contributed by atoms with Crippen LogP contribution >= 0.6 is 0 Å². The summed E-state index contributed by atoms with van der Waals surface area (Å²) in [6.45, 7) is 5.23. The van der Waals surface area contributed by atoms with Gasteiger partial charge in [0.1, 0.15) is 0 Å². The number of carbonyl (C=O) groups excluding carboxylic acids is 3. The predicted molar refractivity (Wildman–Crippen MR) is 163 cm³/mol. The van der Waals surface area contributed by atoms with Crippen LogP contribution in [-0.4, -0.2) is 71.4 Å². The van der Waals surface area contributed by atoms with Gasteiger partial charge >= 0.3 is 12.0 Å². The maximum absolute atomic E-state index is 13.3. The van der Waals surface area contributed by atoms with Crippen molar-refractivity contribution >= 4 is 40.9 Å². The van der Waals surface area contributed by atoms with Crippen LogP contribution in [-0.2, 0) is 16.0 Å². The zero-order valence-electron chi connectivity index (χ0n) is 23.8. The minimum Gasteiger partial charge on any atom is -0.478 e.